The molecule has 0 aromatic heterocycles. The van der Waals surface area contributed by atoms with Crippen LogP contribution in [0, 0.1) is 39.9 Å². The van der Waals surface area contributed by atoms with Gasteiger partial charge in [-0.25, -0.2) is 0 Å². The van der Waals surface area contributed by atoms with E-state index in [9.17, 15) is 0 Å². The van der Waals surface area contributed by atoms with Crippen molar-refractivity contribution >= 4 is 0 Å². The van der Waals surface area contributed by atoms with E-state index in [1.165, 1.54) is 6.42 Å². The Hall–Kier alpha value is 0. The monoisotopic (exact) mass is 216 g/mol. The van der Waals surface area contributed by atoms with Crippen molar-refractivity contribution in [1.82, 2.24) is 0 Å². The van der Waals surface area contributed by atoms with Crippen LogP contribution in [-0.4, -0.2) is 0 Å². The van der Waals surface area contributed by atoms with E-state index in [1.807, 2.05) is 0 Å². The van der Waals surface area contributed by atoms with Crippen LogP contribution < -0.4 is 0 Å². The van der Waals surface area contributed by atoms with Crippen LogP contribution in [0.3, 0.4) is 0 Å². The number of rotatable bonds is 1. The van der Waals surface area contributed by atoms with Crippen molar-refractivity contribution in [2.24, 2.45) is 39.9 Å². The lowest BCUT2D eigenvalue weighted by molar-refractivity contribution is 0.00623. The smallest absolute Gasteiger partial charge is 0.0170 e. The van der Waals surface area contributed by atoms with Crippen molar-refractivity contribution in [3.63, 3.8) is 0 Å². The highest BCUT2D eigenvalue weighted by molar-refractivity contribution is 5.41. The minimum absolute atomic E-state index is 0.928. The van der Waals surface area contributed by atoms with Gasteiger partial charge in [0.2, 0.25) is 0 Å². The topological polar surface area (TPSA) is 0 Å². The molecule has 16 heavy (non-hydrogen) atoms. The Morgan fingerprint density at radius 3 is 2.12 bits per heavy atom. The van der Waals surface area contributed by atoms with E-state index in [0.717, 1.165) is 39.9 Å². The van der Waals surface area contributed by atoms with Gasteiger partial charge in [-0.05, 0) is 78.4 Å². The van der Waals surface area contributed by atoms with Gasteiger partial charge in [-0.3, -0.25) is 0 Å². The number of hydrogen-bond acceptors (Lipinski definition) is 0. The van der Waals surface area contributed by atoms with Crippen LogP contribution in [0.5, 0.6) is 0 Å². The molecule has 0 saturated heterocycles. The molecule has 5 aliphatic carbocycles. The lowest BCUT2D eigenvalue weighted by Crippen LogP contribution is -2.40. The Balaban J connectivity index is 1.29. The summed E-state index contributed by atoms with van der Waals surface area (Å²) in [6.07, 6.45) is 11.3. The van der Waals surface area contributed by atoms with Crippen molar-refractivity contribution in [2.75, 3.05) is 0 Å². The van der Waals surface area contributed by atoms with E-state index >= 15 is 0 Å². The summed E-state index contributed by atoms with van der Waals surface area (Å²) in [6, 6.07) is 0. The van der Waals surface area contributed by atoms with Crippen molar-refractivity contribution in [3.05, 3.63) is 0 Å². The zero-order valence-corrected chi connectivity index (χ0v) is 10.8. The molecule has 88 valence electrons. The Labute approximate surface area is 99.2 Å². The van der Waals surface area contributed by atoms with Gasteiger partial charge in [0.1, 0.15) is 0 Å². The van der Waals surface area contributed by atoms with E-state index in [2.05, 4.69) is 13.8 Å². The lowest BCUT2D eigenvalue weighted by atomic mass is 9.56. The second-order valence-electron chi connectivity index (χ2n) is 8.36. The van der Waals surface area contributed by atoms with Crippen molar-refractivity contribution in [1.29, 1.82) is 0 Å². The maximum atomic E-state index is 2.50. The van der Waals surface area contributed by atoms with E-state index in [0.29, 0.717) is 0 Å². The predicted octanol–water partition coefficient (Wildman–Crippen LogP) is 4.25. The molecular formula is C16H24. The first-order valence-electron chi connectivity index (χ1n) is 7.63. The summed E-state index contributed by atoms with van der Waals surface area (Å²) < 4.78 is 0. The molecule has 5 fully saturated rings. The molecular weight excluding hydrogens is 192 g/mol. The quantitative estimate of drug-likeness (QED) is 0.614. The summed E-state index contributed by atoms with van der Waals surface area (Å²) >= 11 is 0. The van der Waals surface area contributed by atoms with Gasteiger partial charge in [-0.2, -0.15) is 0 Å². The van der Waals surface area contributed by atoms with Gasteiger partial charge >= 0.3 is 0 Å². The Morgan fingerprint density at radius 2 is 1.69 bits per heavy atom. The summed E-state index contributed by atoms with van der Waals surface area (Å²) in [5, 5.41) is 0. The van der Waals surface area contributed by atoms with Gasteiger partial charge < -0.3 is 0 Å². The molecule has 0 aromatic rings. The van der Waals surface area contributed by atoms with Crippen LogP contribution in [-0.2, 0) is 0 Å². The van der Waals surface area contributed by atoms with E-state index < -0.39 is 0 Å². The second kappa shape index (κ2) is 2.15. The van der Waals surface area contributed by atoms with E-state index in [1.54, 1.807) is 38.5 Å². The highest BCUT2D eigenvalue weighted by atomic mass is 15.0. The fourth-order valence-corrected chi connectivity index (χ4v) is 6.56. The molecule has 0 aliphatic heterocycles. The van der Waals surface area contributed by atoms with Crippen LogP contribution in [0.4, 0.5) is 0 Å². The Bertz CT molecular complexity index is 377. The molecule has 5 aliphatic rings. The maximum absolute atomic E-state index is 2.50. The van der Waals surface area contributed by atoms with E-state index in [4.69, 9.17) is 0 Å². The standard InChI is InChI=1S/C16H24/c1-10-3-4-13(10)12-6-14(7-12)8-16(14)9-15(16)5-11(15)2/h10-13H,3-9H2,1-2H3. The van der Waals surface area contributed by atoms with Gasteiger partial charge in [0, 0.05) is 0 Å². The van der Waals surface area contributed by atoms with Crippen LogP contribution in [0.1, 0.15) is 58.8 Å². The zero-order chi connectivity index (χ0) is 10.8. The first-order chi connectivity index (χ1) is 7.63. The summed E-state index contributed by atoms with van der Waals surface area (Å²) in [4.78, 5) is 0. The zero-order valence-electron chi connectivity index (χ0n) is 10.8. The fourth-order valence-electron chi connectivity index (χ4n) is 6.56. The highest BCUT2D eigenvalue weighted by Gasteiger charge is 2.93. The molecule has 5 saturated carbocycles. The normalized spacial score (nSPS) is 73.9. The van der Waals surface area contributed by atoms with Gasteiger partial charge in [0.25, 0.3) is 0 Å². The minimum atomic E-state index is 0.928. The van der Waals surface area contributed by atoms with Gasteiger partial charge in [-0.15, -0.1) is 0 Å². The molecule has 0 aromatic carbocycles. The minimum Gasteiger partial charge on any atom is -0.0622 e. The Morgan fingerprint density at radius 1 is 0.938 bits per heavy atom. The third-order valence-electron chi connectivity index (χ3n) is 8.03. The first-order valence-corrected chi connectivity index (χ1v) is 7.63. The largest absolute Gasteiger partial charge is 0.0622 e. The molecule has 0 N–H and O–H groups in total. The Kier molecular flexibility index (Phi) is 1.21. The summed E-state index contributed by atoms with van der Waals surface area (Å²) in [5.41, 5.74) is 2.81. The highest BCUT2D eigenvalue weighted by Crippen LogP contribution is 3.01. The maximum Gasteiger partial charge on any atom is -0.0170 e. The molecule has 3 spiro atoms. The number of fused-ring (bicyclic) bond motifs is 2. The van der Waals surface area contributed by atoms with Crippen LogP contribution in [0.25, 0.3) is 0 Å². The molecule has 0 radical (unpaired) electrons. The van der Waals surface area contributed by atoms with Crippen LogP contribution in [0.15, 0.2) is 0 Å². The van der Waals surface area contributed by atoms with E-state index in [-0.39, 0.29) is 0 Å². The molecule has 5 atom stereocenters. The lowest BCUT2D eigenvalue weighted by Gasteiger charge is -2.49. The van der Waals surface area contributed by atoms with Gasteiger partial charge in [0.15, 0.2) is 0 Å². The third-order valence-corrected chi connectivity index (χ3v) is 8.03. The van der Waals surface area contributed by atoms with Crippen LogP contribution in [0.2, 0.25) is 0 Å². The SMILES string of the molecule is CC1CCC1C1CC2(C1)CC21CC12CC2C. The predicted molar refractivity (Wildman–Crippen MR) is 64.9 cm³/mol. The summed E-state index contributed by atoms with van der Waals surface area (Å²) in [5.74, 6) is 4.49. The van der Waals surface area contributed by atoms with Gasteiger partial charge in [-0.1, -0.05) is 20.3 Å². The van der Waals surface area contributed by atoms with Crippen molar-refractivity contribution < 1.29 is 0 Å². The van der Waals surface area contributed by atoms with Crippen LogP contribution >= 0.6 is 0 Å². The summed E-state index contributed by atoms with van der Waals surface area (Å²) in [6.45, 7) is 4.99. The van der Waals surface area contributed by atoms with Gasteiger partial charge in [0.05, 0.1) is 0 Å². The molecule has 0 heteroatoms. The first kappa shape index (κ1) is 9.00. The average molecular weight is 216 g/mol. The molecule has 0 bridgehead atoms. The molecule has 0 nitrogen and oxygen atoms in total. The molecule has 5 unspecified atom stereocenters. The summed E-state index contributed by atoms with van der Waals surface area (Å²) in [7, 11) is 0. The van der Waals surface area contributed by atoms with Crippen molar-refractivity contribution in [3.8, 4) is 0 Å². The molecule has 0 heterocycles. The second-order valence-corrected chi connectivity index (χ2v) is 8.36. The third kappa shape index (κ3) is 0.703. The van der Waals surface area contributed by atoms with Crippen molar-refractivity contribution in [2.45, 2.75) is 58.8 Å². The number of hydrogen-bond donors (Lipinski definition) is 0. The molecule has 0 amide bonds. The average Bonchev–Trinajstić information content (AvgIpc) is 3.07. The fraction of sp³-hybridized carbons (Fsp3) is 1.00. The molecule has 5 rings (SSSR count).